The summed E-state index contributed by atoms with van der Waals surface area (Å²) in [6, 6.07) is 0. The van der Waals surface area contributed by atoms with Crippen LogP contribution in [0.1, 0.15) is 6.92 Å². The third-order valence-corrected chi connectivity index (χ3v) is 4.44. The Kier molecular flexibility index (Phi) is 3.85. The first-order chi connectivity index (χ1) is 5.22. The second-order valence-electron chi connectivity index (χ2n) is 1.90. The molecule has 0 aliphatic carbocycles. The van der Waals surface area contributed by atoms with E-state index in [2.05, 4.69) is 11.1 Å². The zero-order chi connectivity index (χ0) is 9.99. The average molecular weight is 216 g/mol. The Morgan fingerprint density at radius 1 is 1.42 bits per heavy atom. The van der Waals surface area contributed by atoms with Gasteiger partial charge in [-0.2, -0.15) is 0 Å². The number of hydrogen-bond acceptors (Lipinski definition) is 3. The minimum atomic E-state index is -4.74. The lowest BCUT2D eigenvalue weighted by atomic mass is 10.9. The lowest BCUT2D eigenvalue weighted by Gasteiger charge is -2.13. The summed E-state index contributed by atoms with van der Waals surface area (Å²) in [6.45, 7) is 4.12. The van der Waals surface area contributed by atoms with Crippen molar-refractivity contribution in [2.45, 2.75) is 6.92 Å². The molecular weight excluding hydrogens is 206 g/mol. The Bertz CT molecular complexity index is 265. The molecule has 8 heteroatoms. The van der Waals surface area contributed by atoms with E-state index in [0.29, 0.717) is 0 Å². The van der Waals surface area contributed by atoms with E-state index in [-0.39, 0.29) is 6.61 Å². The van der Waals surface area contributed by atoms with E-state index in [1.54, 1.807) is 0 Å². The molecule has 6 nitrogen and oxygen atoms in total. The van der Waals surface area contributed by atoms with Gasteiger partial charge in [0.15, 0.2) is 0 Å². The molecule has 3 N–H and O–H groups in total. The van der Waals surface area contributed by atoms with Gasteiger partial charge in [0.1, 0.15) is 5.06 Å². The largest absolute Gasteiger partial charge is 0.366 e. The van der Waals surface area contributed by atoms with Crippen LogP contribution in [0.2, 0.25) is 0 Å². The number of hydrogen-bond donors (Lipinski definition) is 3. The molecule has 0 aliphatic heterocycles. The smallest absolute Gasteiger partial charge is 0.321 e. The Morgan fingerprint density at radius 2 is 1.83 bits per heavy atom. The maximum atomic E-state index is 10.9. The van der Waals surface area contributed by atoms with Gasteiger partial charge in [-0.3, -0.25) is 9.13 Å². The molecule has 0 heterocycles. The average Bonchev–Trinajstić information content (AvgIpc) is 1.84. The monoisotopic (exact) mass is 216 g/mol. The van der Waals surface area contributed by atoms with Gasteiger partial charge in [-0.05, 0) is 6.92 Å². The van der Waals surface area contributed by atoms with Gasteiger partial charge in [-0.1, -0.05) is 6.58 Å². The second-order valence-corrected chi connectivity index (χ2v) is 5.72. The minimum Gasteiger partial charge on any atom is -0.321 e. The molecule has 0 rings (SSSR count). The first-order valence-electron chi connectivity index (χ1n) is 2.94. The summed E-state index contributed by atoms with van der Waals surface area (Å²) in [7, 11) is -9.10. The Morgan fingerprint density at radius 3 is 2.08 bits per heavy atom. The van der Waals surface area contributed by atoms with E-state index < -0.39 is 20.2 Å². The highest BCUT2D eigenvalue weighted by atomic mass is 31.2. The minimum absolute atomic E-state index is 0.118. The fraction of sp³-hybridized carbons (Fsp3) is 0.500. The summed E-state index contributed by atoms with van der Waals surface area (Å²) in [5, 5.41) is -1.07. The van der Waals surface area contributed by atoms with Crippen molar-refractivity contribution in [3.8, 4) is 0 Å². The zero-order valence-electron chi connectivity index (χ0n) is 6.38. The van der Waals surface area contributed by atoms with Crippen LogP contribution >= 0.6 is 15.2 Å². The normalized spacial score (nSPS) is 17.0. The van der Waals surface area contributed by atoms with Crippen molar-refractivity contribution in [2.24, 2.45) is 0 Å². The predicted molar refractivity (Wildman–Crippen MR) is 42.6 cm³/mol. The van der Waals surface area contributed by atoms with Crippen LogP contribution < -0.4 is 0 Å². The molecule has 0 fully saturated rings. The van der Waals surface area contributed by atoms with Crippen LogP contribution in [0.3, 0.4) is 0 Å². The van der Waals surface area contributed by atoms with Gasteiger partial charge >= 0.3 is 15.2 Å². The van der Waals surface area contributed by atoms with Crippen LogP contribution in [0.25, 0.3) is 0 Å². The van der Waals surface area contributed by atoms with Crippen molar-refractivity contribution >= 4 is 15.2 Å². The van der Waals surface area contributed by atoms with Gasteiger partial charge in [-0.25, -0.2) is 0 Å². The van der Waals surface area contributed by atoms with Gasteiger partial charge in [0.05, 0.1) is 6.61 Å². The van der Waals surface area contributed by atoms with Crippen molar-refractivity contribution in [3.63, 3.8) is 0 Å². The highest BCUT2D eigenvalue weighted by Crippen LogP contribution is 2.65. The molecular formula is C4H10O6P2. The summed E-state index contributed by atoms with van der Waals surface area (Å²) in [5.74, 6) is 0. The highest BCUT2D eigenvalue weighted by Gasteiger charge is 2.36. The first-order valence-corrected chi connectivity index (χ1v) is 6.13. The molecule has 0 aromatic heterocycles. The first kappa shape index (κ1) is 12.0. The Hall–Kier alpha value is 0.0400. The van der Waals surface area contributed by atoms with E-state index in [9.17, 15) is 9.13 Å². The van der Waals surface area contributed by atoms with Crippen molar-refractivity contribution in [2.75, 3.05) is 6.61 Å². The van der Waals surface area contributed by atoms with Gasteiger partial charge in [0.2, 0.25) is 0 Å². The molecule has 72 valence electrons. The standard InChI is InChI=1S/C4H10O6P2/c1-3-10-12(8,9)4(2)11(5,6)7/h2-3H2,1H3,(H,8,9)(H2,5,6,7). The van der Waals surface area contributed by atoms with E-state index >= 15 is 0 Å². The third-order valence-electron chi connectivity index (χ3n) is 0.967. The second kappa shape index (κ2) is 3.83. The van der Waals surface area contributed by atoms with Crippen LogP contribution in [-0.2, 0) is 13.7 Å². The molecule has 0 amide bonds. The molecule has 0 aliphatic rings. The van der Waals surface area contributed by atoms with E-state index in [1.165, 1.54) is 6.92 Å². The molecule has 1 unspecified atom stereocenters. The molecule has 0 bridgehead atoms. The van der Waals surface area contributed by atoms with Gasteiger partial charge < -0.3 is 19.2 Å². The van der Waals surface area contributed by atoms with Crippen molar-refractivity contribution in [1.82, 2.24) is 0 Å². The predicted octanol–water partition coefficient (Wildman–Crippen LogP) is 0.857. The quantitative estimate of drug-likeness (QED) is 0.602. The summed E-state index contributed by atoms with van der Waals surface area (Å²) >= 11 is 0. The molecule has 12 heavy (non-hydrogen) atoms. The summed E-state index contributed by atoms with van der Waals surface area (Å²) < 4.78 is 25.6. The molecule has 0 spiro atoms. The fourth-order valence-electron chi connectivity index (χ4n) is 0.414. The Balaban J connectivity index is 4.71. The summed E-state index contributed by atoms with van der Waals surface area (Å²) in [6.07, 6.45) is 0. The molecule has 0 saturated carbocycles. The van der Waals surface area contributed by atoms with Crippen LogP contribution in [0.5, 0.6) is 0 Å². The fourth-order valence-corrected chi connectivity index (χ4v) is 2.40. The molecule has 0 saturated heterocycles. The van der Waals surface area contributed by atoms with Crippen molar-refractivity contribution < 1.29 is 28.3 Å². The van der Waals surface area contributed by atoms with E-state index in [1.807, 2.05) is 0 Å². The summed E-state index contributed by atoms with van der Waals surface area (Å²) in [4.78, 5) is 25.8. The third kappa shape index (κ3) is 3.19. The lowest BCUT2D eigenvalue weighted by molar-refractivity contribution is 0.280. The van der Waals surface area contributed by atoms with Crippen LogP contribution in [-0.4, -0.2) is 21.3 Å². The molecule has 1 atom stereocenters. The van der Waals surface area contributed by atoms with Gasteiger partial charge in [0.25, 0.3) is 0 Å². The van der Waals surface area contributed by atoms with Crippen LogP contribution in [0, 0.1) is 0 Å². The van der Waals surface area contributed by atoms with Gasteiger partial charge in [0, 0.05) is 0 Å². The SMILES string of the molecule is C=C(P(=O)(O)O)P(=O)(O)OCC. The molecule has 0 aromatic carbocycles. The number of rotatable bonds is 4. The lowest BCUT2D eigenvalue weighted by Crippen LogP contribution is -1.92. The van der Waals surface area contributed by atoms with Crippen molar-refractivity contribution in [1.29, 1.82) is 0 Å². The van der Waals surface area contributed by atoms with Gasteiger partial charge in [-0.15, -0.1) is 0 Å². The van der Waals surface area contributed by atoms with E-state index in [4.69, 9.17) is 14.7 Å². The molecule has 0 aromatic rings. The summed E-state index contributed by atoms with van der Waals surface area (Å²) in [5.41, 5.74) is 0. The van der Waals surface area contributed by atoms with Crippen molar-refractivity contribution in [3.05, 3.63) is 11.6 Å². The topological polar surface area (TPSA) is 104 Å². The zero-order valence-corrected chi connectivity index (χ0v) is 8.16. The van der Waals surface area contributed by atoms with Crippen LogP contribution in [0.4, 0.5) is 0 Å². The maximum Gasteiger partial charge on any atom is 0.366 e. The van der Waals surface area contributed by atoms with E-state index in [0.717, 1.165) is 0 Å². The highest BCUT2D eigenvalue weighted by molar-refractivity contribution is 7.77. The Labute approximate surface area is 69.6 Å². The van der Waals surface area contributed by atoms with Crippen LogP contribution in [0.15, 0.2) is 11.6 Å². The molecule has 0 radical (unpaired) electrons. The maximum absolute atomic E-state index is 10.9.